The van der Waals surface area contributed by atoms with Crippen molar-refractivity contribution in [2.45, 2.75) is 6.54 Å². The van der Waals surface area contributed by atoms with Crippen LogP contribution in [0.15, 0.2) is 30.7 Å². The highest BCUT2D eigenvalue weighted by molar-refractivity contribution is 5.52. The molecule has 0 unspecified atom stereocenters. The molecule has 6 heteroatoms. The fourth-order valence-electron chi connectivity index (χ4n) is 1.73. The van der Waals surface area contributed by atoms with Crippen LogP contribution in [-0.4, -0.2) is 17.0 Å². The summed E-state index contributed by atoms with van der Waals surface area (Å²) in [4.78, 5) is 9.30. The molecule has 2 rings (SSSR count). The van der Waals surface area contributed by atoms with Crippen molar-refractivity contribution in [3.8, 4) is 6.07 Å². The van der Waals surface area contributed by atoms with Crippen LogP contribution in [0.5, 0.6) is 0 Å². The molecule has 0 saturated carbocycles. The van der Waals surface area contributed by atoms with Crippen molar-refractivity contribution < 1.29 is 8.78 Å². The first kappa shape index (κ1) is 12.9. The summed E-state index contributed by atoms with van der Waals surface area (Å²) >= 11 is 0. The second kappa shape index (κ2) is 5.40. The summed E-state index contributed by atoms with van der Waals surface area (Å²) in [7, 11) is 1.54. The van der Waals surface area contributed by atoms with Crippen LogP contribution in [0.3, 0.4) is 0 Å². The minimum absolute atomic E-state index is 0.0494. The summed E-state index contributed by atoms with van der Waals surface area (Å²) < 4.78 is 27.6. The summed E-state index contributed by atoms with van der Waals surface area (Å²) in [6.45, 7) is 0.216. The highest BCUT2D eigenvalue weighted by Gasteiger charge is 2.16. The molecule has 1 aromatic carbocycles. The van der Waals surface area contributed by atoms with Crippen LogP contribution in [0, 0.1) is 23.0 Å². The van der Waals surface area contributed by atoms with E-state index >= 15 is 0 Å². The van der Waals surface area contributed by atoms with Crippen LogP contribution >= 0.6 is 0 Å². The van der Waals surface area contributed by atoms with Gasteiger partial charge in [0.2, 0.25) is 0 Å². The lowest BCUT2D eigenvalue weighted by Gasteiger charge is -2.20. The highest BCUT2D eigenvalue weighted by atomic mass is 19.1. The predicted molar refractivity (Wildman–Crippen MR) is 65.2 cm³/mol. The molecular formula is C13H10F2N4. The van der Waals surface area contributed by atoms with E-state index in [1.165, 1.54) is 23.5 Å². The Bertz CT molecular complexity index is 599. The summed E-state index contributed by atoms with van der Waals surface area (Å²) in [6, 6.07) is 3.71. The molecular weight excluding hydrogens is 250 g/mol. The van der Waals surface area contributed by atoms with Gasteiger partial charge in [-0.1, -0.05) is 0 Å². The number of nitrogens with zero attached hydrogens (tertiary/aromatic N) is 4. The molecule has 19 heavy (non-hydrogen) atoms. The molecule has 0 atom stereocenters. The van der Waals surface area contributed by atoms with Crippen LogP contribution in [0.25, 0.3) is 0 Å². The number of benzene rings is 1. The van der Waals surface area contributed by atoms with Gasteiger partial charge in [-0.05, 0) is 12.1 Å². The molecule has 0 bridgehead atoms. The number of nitriles is 1. The van der Waals surface area contributed by atoms with Gasteiger partial charge < -0.3 is 4.90 Å². The molecule has 0 aliphatic carbocycles. The zero-order chi connectivity index (χ0) is 13.8. The van der Waals surface area contributed by atoms with Gasteiger partial charge in [0.15, 0.2) is 11.6 Å². The molecule has 0 saturated heterocycles. The van der Waals surface area contributed by atoms with Gasteiger partial charge in [0.05, 0.1) is 30.1 Å². The zero-order valence-corrected chi connectivity index (χ0v) is 10.1. The Kier molecular flexibility index (Phi) is 3.66. The standard InChI is InChI=1S/C13H10F2N4/c1-19(8-10-7-17-2-3-18-10)13-11(14)4-9(6-16)5-12(13)15/h2-5,7H,8H2,1H3. The SMILES string of the molecule is CN(Cc1cnccn1)c1c(F)cc(C#N)cc1F. The molecule has 0 aliphatic heterocycles. The Labute approximate surface area is 109 Å². The van der Waals surface area contributed by atoms with Crippen LogP contribution < -0.4 is 4.90 Å². The second-order valence-electron chi connectivity index (χ2n) is 3.95. The molecule has 96 valence electrons. The van der Waals surface area contributed by atoms with Gasteiger partial charge in [-0.25, -0.2) is 8.78 Å². The minimum Gasteiger partial charge on any atom is -0.364 e. The minimum atomic E-state index is -0.775. The van der Waals surface area contributed by atoms with Gasteiger partial charge in [0, 0.05) is 19.4 Å². The molecule has 0 aliphatic rings. The average Bonchev–Trinajstić information content (AvgIpc) is 2.38. The van der Waals surface area contributed by atoms with E-state index in [9.17, 15) is 8.78 Å². The van der Waals surface area contributed by atoms with Crippen molar-refractivity contribution >= 4 is 5.69 Å². The second-order valence-corrected chi connectivity index (χ2v) is 3.95. The van der Waals surface area contributed by atoms with E-state index in [2.05, 4.69) is 9.97 Å². The molecule has 0 radical (unpaired) electrons. The van der Waals surface area contributed by atoms with Gasteiger partial charge in [-0.2, -0.15) is 5.26 Å². The van der Waals surface area contributed by atoms with Gasteiger partial charge in [-0.3, -0.25) is 9.97 Å². The normalized spacial score (nSPS) is 10.0. The number of hydrogen-bond donors (Lipinski definition) is 0. The van der Waals surface area contributed by atoms with E-state index in [0.29, 0.717) is 5.69 Å². The third-order valence-electron chi connectivity index (χ3n) is 2.54. The third-order valence-corrected chi connectivity index (χ3v) is 2.54. The van der Waals surface area contributed by atoms with Crippen LogP contribution in [-0.2, 0) is 6.54 Å². The first-order valence-electron chi connectivity index (χ1n) is 5.47. The van der Waals surface area contributed by atoms with Crippen LogP contribution in [0.2, 0.25) is 0 Å². The predicted octanol–water partition coefficient (Wildman–Crippen LogP) is 2.26. The van der Waals surface area contributed by atoms with Crippen molar-refractivity contribution in [2.24, 2.45) is 0 Å². The Morgan fingerprint density at radius 3 is 2.47 bits per heavy atom. The first-order chi connectivity index (χ1) is 9.11. The molecule has 0 spiro atoms. The van der Waals surface area contributed by atoms with Gasteiger partial charge in [-0.15, -0.1) is 0 Å². The Morgan fingerprint density at radius 1 is 1.26 bits per heavy atom. The molecule has 0 fully saturated rings. The van der Waals surface area contributed by atoms with Gasteiger partial charge >= 0.3 is 0 Å². The number of aromatic nitrogens is 2. The third kappa shape index (κ3) is 2.83. The molecule has 0 amide bonds. The molecule has 0 N–H and O–H groups in total. The monoisotopic (exact) mass is 260 g/mol. The lowest BCUT2D eigenvalue weighted by Crippen LogP contribution is -2.20. The van der Waals surface area contributed by atoms with Gasteiger partial charge in [0.25, 0.3) is 0 Å². The summed E-state index contributed by atoms with van der Waals surface area (Å²) in [5.41, 5.74) is 0.351. The van der Waals surface area contributed by atoms with Crippen molar-refractivity contribution in [3.05, 3.63) is 53.6 Å². The van der Waals surface area contributed by atoms with E-state index < -0.39 is 11.6 Å². The first-order valence-corrected chi connectivity index (χ1v) is 5.47. The van der Waals surface area contributed by atoms with E-state index in [4.69, 9.17) is 5.26 Å². The maximum absolute atomic E-state index is 13.8. The Balaban J connectivity index is 2.30. The Morgan fingerprint density at radius 2 is 1.95 bits per heavy atom. The number of anilines is 1. The maximum atomic E-state index is 13.8. The van der Waals surface area contributed by atoms with E-state index in [0.717, 1.165) is 12.1 Å². The number of hydrogen-bond acceptors (Lipinski definition) is 4. The van der Waals surface area contributed by atoms with Crippen molar-refractivity contribution in [1.29, 1.82) is 5.26 Å². The summed E-state index contributed by atoms with van der Waals surface area (Å²) in [5, 5.41) is 8.64. The smallest absolute Gasteiger partial charge is 0.150 e. The van der Waals surface area contributed by atoms with E-state index in [1.807, 2.05) is 0 Å². The molecule has 4 nitrogen and oxygen atoms in total. The zero-order valence-electron chi connectivity index (χ0n) is 10.1. The topological polar surface area (TPSA) is 52.8 Å². The fraction of sp³-hybridized carbons (Fsp3) is 0.154. The maximum Gasteiger partial charge on any atom is 0.150 e. The number of halogens is 2. The molecule has 1 heterocycles. The average molecular weight is 260 g/mol. The molecule has 2 aromatic rings. The van der Waals surface area contributed by atoms with Crippen LogP contribution in [0.4, 0.5) is 14.5 Å². The van der Waals surface area contributed by atoms with Gasteiger partial charge in [0.1, 0.15) is 5.69 Å². The fourth-order valence-corrected chi connectivity index (χ4v) is 1.73. The highest BCUT2D eigenvalue weighted by Crippen LogP contribution is 2.24. The van der Waals surface area contributed by atoms with E-state index in [1.54, 1.807) is 13.1 Å². The van der Waals surface area contributed by atoms with Crippen molar-refractivity contribution in [2.75, 3.05) is 11.9 Å². The van der Waals surface area contributed by atoms with Crippen molar-refractivity contribution in [3.63, 3.8) is 0 Å². The molecule has 1 aromatic heterocycles. The summed E-state index contributed by atoms with van der Waals surface area (Å²) in [6.07, 6.45) is 4.55. The lowest BCUT2D eigenvalue weighted by atomic mass is 10.2. The quantitative estimate of drug-likeness (QED) is 0.849. The van der Waals surface area contributed by atoms with Crippen LogP contribution in [0.1, 0.15) is 11.3 Å². The number of rotatable bonds is 3. The van der Waals surface area contributed by atoms with E-state index in [-0.39, 0.29) is 17.8 Å². The largest absolute Gasteiger partial charge is 0.364 e. The van der Waals surface area contributed by atoms with Crippen molar-refractivity contribution in [1.82, 2.24) is 9.97 Å². The Hall–Kier alpha value is -2.55. The lowest BCUT2D eigenvalue weighted by molar-refractivity contribution is 0.575. The summed E-state index contributed by atoms with van der Waals surface area (Å²) in [5.74, 6) is -1.55.